The first-order valence-electron chi connectivity index (χ1n) is 7.07. The predicted molar refractivity (Wildman–Crippen MR) is 86.9 cm³/mol. The van der Waals surface area contributed by atoms with Gasteiger partial charge >= 0.3 is 0 Å². The molecule has 0 heterocycles. The molecule has 1 N–H and O–H groups in total. The van der Waals surface area contributed by atoms with Gasteiger partial charge in [-0.15, -0.1) is 0 Å². The molecule has 106 valence electrons. The SMILES string of the molecule is CC(C)[C@@](C)(NCc1ccccc1)c1ccc(Cl)cc1. The van der Waals surface area contributed by atoms with Gasteiger partial charge < -0.3 is 5.32 Å². The van der Waals surface area contributed by atoms with Gasteiger partial charge in [0.2, 0.25) is 0 Å². The highest BCUT2D eigenvalue weighted by Crippen LogP contribution is 2.30. The molecule has 0 radical (unpaired) electrons. The molecule has 0 bridgehead atoms. The van der Waals surface area contributed by atoms with Crippen LogP contribution in [0.3, 0.4) is 0 Å². The van der Waals surface area contributed by atoms with E-state index in [9.17, 15) is 0 Å². The number of nitrogens with one attached hydrogen (secondary N) is 1. The summed E-state index contributed by atoms with van der Waals surface area (Å²) in [4.78, 5) is 0. The maximum Gasteiger partial charge on any atom is 0.0431 e. The molecule has 1 nitrogen and oxygen atoms in total. The number of hydrogen-bond donors (Lipinski definition) is 1. The van der Waals surface area contributed by atoms with Gasteiger partial charge in [0.25, 0.3) is 0 Å². The molecule has 2 heteroatoms. The Balaban J connectivity index is 2.19. The molecule has 0 fully saturated rings. The van der Waals surface area contributed by atoms with Crippen molar-refractivity contribution in [1.82, 2.24) is 5.32 Å². The van der Waals surface area contributed by atoms with Gasteiger partial charge in [-0.3, -0.25) is 0 Å². The van der Waals surface area contributed by atoms with Crippen molar-refractivity contribution >= 4 is 11.6 Å². The molecule has 20 heavy (non-hydrogen) atoms. The van der Waals surface area contributed by atoms with Crippen molar-refractivity contribution < 1.29 is 0 Å². The maximum absolute atomic E-state index is 5.99. The average Bonchev–Trinajstić information content (AvgIpc) is 2.46. The Labute approximate surface area is 127 Å². The van der Waals surface area contributed by atoms with Crippen LogP contribution in [0.4, 0.5) is 0 Å². The van der Waals surface area contributed by atoms with E-state index in [4.69, 9.17) is 11.6 Å². The molecule has 0 amide bonds. The number of halogens is 1. The van der Waals surface area contributed by atoms with E-state index in [1.165, 1.54) is 11.1 Å². The summed E-state index contributed by atoms with van der Waals surface area (Å²) < 4.78 is 0. The third-order valence-corrected chi connectivity index (χ3v) is 4.35. The van der Waals surface area contributed by atoms with Crippen LogP contribution in [0.25, 0.3) is 0 Å². The lowest BCUT2D eigenvalue weighted by molar-refractivity contribution is 0.263. The summed E-state index contributed by atoms with van der Waals surface area (Å²) in [7, 11) is 0. The highest BCUT2D eigenvalue weighted by Gasteiger charge is 2.29. The summed E-state index contributed by atoms with van der Waals surface area (Å²) in [6, 6.07) is 18.6. The van der Waals surface area contributed by atoms with E-state index in [2.05, 4.69) is 62.5 Å². The van der Waals surface area contributed by atoms with Crippen LogP contribution in [-0.4, -0.2) is 0 Å². The van der Waals surface area contributed by atoms with Crippen LogP contribution >= 0.6 is 11.6 Å². The lowest BCUT2D eigenvalue weighted by Crippen LogP contribution is -2.43. The van der Waals surface area contributed by atoms with Gasteiger partial charge in [0.15, 0.2) is 0 Å². The minimum atomic E-state index is -0.0690. The third kappa shape index (κ3) is 3.41. The molecule has 2 aromatic rings. The molecule has 0 unspecified atom stereocenters. The van der Waals surface area contributed by atoms with E-state index in [-0.39, 0.29) is 5.54 Å². The molecule has 2 aromatic carbocycles. The smallest absolute Gasteiger partial charge is 0.0431 e. The average molecular weight is 288 g/mol. The zero-order chi connectivity index (χ0) is 14.6. The normalized spacial score (nSPS) is 14.2. The zero-order valence-corrected chi connectivity index (χ0v) is 13.1. The molecule has 0 saturated carbocycles. The summed E-state index contributed by atoms with van der Waals surface area (Å²) in [6.45, 7) is 7.60. The summed E-state index contributed by atoms with van der Waals surface area (Å²) in [5.74, 6) is 0.479. The van der Waals surface area contributed by atoms with Crippen LogP contribution in [0.15, 0.2) is 54.6 Å². The van der Waals surface area contributed by atoms with Crippen molar-refractivity contribution in [3.05, 3.63) is 70.7 Å². The Morgan fingerprint density at radius 2 is 1.60 bits per heavy atom. The van der Waals surface area contributed by atoms with Crippen molar-refractivity contribution in [2.24, 2.45) is 5.92 Å². The van der Waals surface area contributed by atoms with E-state index >= 15 is 0 Å². The minimum absolute atomic E-state index is 0.0690. The van der Waals surface area contributed by atoms with Gasteiger partial charge in [-0.25, -0.2) is 0 Å². The molecule has 0 aliphatic rings. The Morgan fingerprint density at radius 3 is 2.15 bits per heavy atom. The molecule has 2 rings (SSSR count). The van der Waals surface area contributed by atoms with Crippen LogP contribution in [0.2, 0.25) is 5.02 Å². The standard InChI is InChI=1S/C18H22ClN/c1-14(2)18(3,16-9-11-17(19)12-10-16)20-13-15-7-5-4-6-8-15/h4-12,14,20H,13H2,1-3H3/t18-/m1/s1. The van der Waals surface area contributed by atoms with E-state index in [0.29, 0.717) is 5.92 Å². The second-order valence-corrected chi connectivity index (χ2v) is 6.14. The highest BCUT2D eigenvalue weighted by molar-refractivity contribution is 6.30. The Bertz CT molecular complexity index is 533. The largest absolute Gasteiger partial charge is 0.303 e. The fourth-order valence-corrected chi connectivity index (χ4v) is 2.44. The molecule has 0 aliphatic carbocycles. The molecular weight excluding hydrogens is 266 g/mol. The molecular formula is C18H22ClN. The van der Waals surface area contributed by atoms with Gasteiger partial charge in [0.1, 0.15) is 0 Å². The second-order valence-electron chi connectivity index (χ2n) is 5.70. The highest BCUT2D eigenvalue weighted by atomic mass is 35.5. The van der Waals surface area contributed by atoms with E-state index in [1.807, 2.05) is 18.2 Å². The zero-order valence-electron chi connectivity index (χ0n) is 12.4. The van der Waals surface area contributed by atoms with E-state index < -0.39 is 0 Å². The van der Waals surface area contributed by atoms with Crippen molar-refractivity contribution in [1.29, 1.82) is 0 Å². The number of rotatable bonds is 5. The third-order valence-electron chi connectivity index (χ3n) is 4.10. The first kappa shape index (κ1) is 15.1. The topological polar surface area (TPSA) is 12.0 Å². The fourth-order valence-electron chi connectivity index (χ4n) is 2.32. The van der Waals surface area contributed by atoms with Gasteiger partial charge in [0.05, 0.1) is 0 Å². The Morgan fingerprint density at radius 1 is 1.00 bits per heavy atom. The minimum Gasteiger partial charge on any atom is -0.303 e. The summed E-state index contributed by atoms with van der Waals surface area (Å²) >= 11 is 5.99. The van der Waals surface area contributed by atoms with E-state index in [0.717, 1.165) is 11.6 Å². The predicted octanol–water partition coefficient (Wildman–Crippen LogP) is 5.00. The molecule has 0 aromatic heterocycles. The maximum atomic E-state index is 5.99. The van der Waals surface area contributed by atoms with Crippen molar-refractivity contribution in [2.75, 3.05) is 0 Å². The van der Waals surface area contributed by atoms with Gasteiger partial charge in [-0.2, -0.15) is 0 Å². The Hall–Kier alpha value is -1.31. The quantitative estimate of drug-likeness (QED) is 0.816. The number of benzene rings is 2. The van der Waals surface area contributed by atoms with Crippen LogP contribution in [0.5, 0.6) is 0 Å². The first-order valence-corrected chi connectivity index (χ1v) is 7.45. The van der Waals surface area contributed by atoms with Crippen LogP contribution in [-0.2, 0) is 12.1 Å². The lowest BCUT2D eigenvalue weighted by atomic mass is 9.81. The van der Waals surface area contributed by atoms with Crippen molar-refractivity contribution in [3.8, 4) is 0 Å². The van der Waals surface area contributed by atoms with Gasteiger partial charge in [-0.05, 0) is 36.1 Å². The van der Waals surface area contributed by atoms with Crippen molar-refractivity contribution in [2.45, 2.75) is 32.9 Å². The Kier molecular flexibility index (Phi) is 4.85. The summed E-state index contributed by atoms with van der Waals surface area (Å²) in [5, 5.41) is 4.49. The number of hydrogen-bond acceptors (Lipinski definition) is 1. The molecule has 1 atom stereocenters. The first-order chi connectivity index (χ1) is 9.52. The van der Waals surface area contributed by atoms with E-state index in [1.54, 1.807) is 0 Å². The monoisotopic (exact) mass is 287 g/mol. The fraction of sp³-hybridized carbons (Fsp3) is 0.333. The molecule has 0 spiro atoms. The van der Waals surface area contributed by atoms with Crippen molar-refractivity contribution in [3.63, 3.8) is 0 Å². The van der Waals surface area contributed by atoms with Crippen LogP contribution in [0.1, 0.15) is 31.9 Å². The van der Waals surface area contributed by atoms with Gasteiger partial charge in [-0.1, -0.05) is 67.9 Å². The molecule has 0 aliphatic heterocycles. The second kappa shape index (κ2) is 6.43. The van der Waals surface area contributed by atoms with Crippen LogP contribution < -0.4 is 5.32 Å². The molecule has 0 saturated heterocycles. The van der Waals surface area contributed by atoms with Crippen LogP contribution in [0, 0.1) is 5.92 Å². The summed E-state index contributed by atoms with van der Waals surface area (Å²) in [6.07, 6.45) is 0. The summed E-state index contributed by atoms with van der Waals surface area (Å²) in [5.41, 5.74) is 2.50. The van der Waals surface area contributed by atoms with Gasteiger partial charge in [0, 0.05) is 17.1 Å². The lowest BCUT2D eigenvalue weighted by Gasteiger charge is -2.36.